The van der Waals surface area contributed by atoms with E-state index in [1.54, 1.807) is 11.8 Å². The summed E-state index contributed by atoms with van der Waals surface area (Å²) in [4.78, 5) is 25.9. The molecule has 23 heavy (non-hydrogen) atoms. The van der Waals surface area contributed by atoms with Crippen LogP contribution in [0.3, 0.4) is 0 Å². The van der Waals surface area contributed by atoms with Gasteiger partial charge in [-0.3, -0.25) is 9.59 Å². The van der Waals surface area contributed by atoms with Crippen molar-refractivity contribution < 1.29 is 14.3 Å². The van der Waals surface area contributed by atoms with Crippen LogP contribution in [0.2, 0.25) is 0 Å². The van der Waals surface area contributed by atoms with Gasteiger partial charge in [-0.1, -0.05) is 18.2 Å². The predicted molar refractivity (Wildman–Crippen MR) is 90.5 cm³/mol. The number of para-hydroxylation sites is 1. The molecule has 5 heteroatoms. The van der Waals surface area contributed by atoms with E-state index in [1.165, 1.54) is 0 Å². The molecule has 1 aliphatic rings. The molecule has 126 valence electrons. The fourth-order valence-electron chi connectivity index (χ4n) is 3.05. The third-order valence-electron chi connectivity index (χ3n) is 4.32. The number of anilines is 1. The molecule has 0 atom stereocenters. The standard InChI is InChI=1S/C18H26N2O3/c1-13-5-4-6-14(2)17(13)20(15(3)21)10-9-19-18(22)16-7-11-23-12-8-16/h4-6,16H,7-12H2,1-3H3,(H,19,22). The number of benzene rings is 1. The molecule has 1 aliphatic heterocycles. The van der Waals surface area contributed by atoms with Crippen LogP contribution in [0.1, 0.15) is 30.9 Å². The summed E-state index contributed by atoms with van der Waals surface area (Å²) in [5.41, 5.74) is 3.08. The predicted octanol–water partition coefficient (Wildman–Crippen LogP) is 2.20. The van der Waals surface area contributed by atoms with Crippen molar-refractivity contribution in [1.29, 1.82) is 0 Å². The Morgan fingerprint density at radius 3 is 2.39 bits per heavy atom. The van der Waals surface area contributed by atoms with Gasteiger partial charge in [-0.2, -0.15) is 0 Å². The van der Waals surface area contributed by atoms with Gasteiger partial charge in [-0.25, -0.2) is 0 Å². The van der Waals surface area contributed by atoms with Crippen LogP contribution in [-0.2, 0) is 14.3 Å². The van der Waals surface area contributed by atoms with Crippen LogP contribution in [0.5, 0.6) is 0 Å². The quantitative estimate of drug-likeness (QED) is 0.905. The first-order valence-corrected chi connectivity index (χ1v) is 8.20. The molecule has 0 aliphatic carbocycles. The van der Waals surface area contributed by atoms with Crippen LogP contribution in [0.4, 0.5) is 5.69 Å². The van der Waals surface area contributed by atoms with Gasteiger partial charge in [0.15, 0.2) is 0 Å². The van der Waals surface area contributed by atoms with Gasteiger partial charge in [-0.05, 0) is 37.8 Å². The van der Waals surface area contributed by atoms with Crippen LogP contribution < -0.4 is 10.2 Å². The Labute approximate surface area is 138 Å². The molecule has 5 nitrogen and oxygen atoms in total. The highest BCUT2D eigenvalue weighted by atomic mass is 16.5. The van der Waals surface area contributed by atoms with E-state index in [1.807, 2.05) is 32.0 Å². The van der Waals surface area contributed by atoms with Crippen molar-refractivity contribution in [3.63, 3.8) is 0 Å². The van der Waals surface area contributed by atoms with Gasteiger partial charge in [-0.15, -0.1) is 0 Å². The molecule has 0 saturated carbocycles. The lowest BCUT2D eigenvalue weighted by Crippen LogP contribution is -2.41. The number of carbonyl (C=O) groups excluding carboxylic acids is 2. The Balaban J connectivity index is 1.95. The lowest BCUT2D eigenvalue weighted by Gasteiger charge is -2.26. The van der Waals surface area contributed by atoms with Crippen molar-refractivity contribution in [1.82, 2.24) is 5.32 Å². The maximum atomic E-state index is 12.1. The van der Waals surface area contributed by atoms with E-state index in [9.17, 15) is 9.59 Å². The second-order valence-electron chi connectivity index (χ2n) is 6.09. The van der Waals surface area contributed by atoms with E-state index in [0.29, 0.717) is 26.3 Å². The molecule has 0 bridgehead atoms. The largest absolute Gasteiger partial charge is 0.381 e. The van der Waals surface area contributed by atoms with Gasteiger partial charge in [0.05, 0.1) is 0 Å². The van der Waals surface area contributed by atoms with Crippen LogP contribution >= 0.6 is 0 Å². The lowest BCUT2D eigenvalue weighted by atomic mass is 9.99. The van der Waals surface area contributed by atoms with Gasteiger partial charge < -0.3 is 15.0 Å². The number of rotatable bonds is 5. The summed E-state index contributed by atoms with van der Waals surface area (Å²) in [6, 6.07) is 5.98. The van der Waals surface area contributed by atoms with Crippen molar-refractivity contribution >= 4 is 17.5 Å². The number of hydrogen-bond acceptors (Lipinski definition) is 3. The van der Waals surface area contributed by atoms with Crippen molar-refractivity contribution in [2.45, 2.75) is 33.6 Å². The van der Waals surface area contributed by atoms with E-state index < -0.39 is 0 Å². The van der Waals surface area contributed by atoms with E-state index in [4.69, 9.17) is 4.74 Å². The molecule has 0 unspecified atom stereocenters. The molecule has 0 radical (unpaired) electrons. The third-order valence-corrected chi connectivity index (χ3v) is 4.32. The van der Waals surface area contributed by atoms with Gasteiger partial charge >= 0.3 is 0 Å². The normalized spacial score (nSPS) is 15.3. The Morgan fingerprint density at radius 1 is 1.22 bits per heavy atom. The number of carbonyl (C=O) groups is 2. The van der Waals surface area contributed by atoms with E-state index in [2.05, 4.69) is 5.32 Å². The summed E-state index contributed by atoms with van der Waals surface area (Å²) >= 11 is 0. The summed E-state index contributed by atoms with van der Waals surface area (Å²) in [5.74, 6) is 0.0933. The minimum atomic E-state index is -0.0114. The van der Waals surface area contributed by atoms with Crippen LogP contribution in [0, 0.1) is 19.8 Å². The monoisotopic (exact) mass is 318 g/mol. The molecule has 0 spiro atoms. The Kier molecular flexibility index (Phi) is 6.16. The van der Waals surface area contributed by atoms with Gasteiger partial charge in [0.2, 0.25) is 11.8 Å². The van der Waals surface area contributed by atoms with Crippen molar-refractivity contribution in [3.05, 3.63) is 29.3 Å². The highest BCUT2D eigenvalue weighted by Gasteiger charge is 2.22. The first kappa shape index (κ1) is 17.5. The average Bonchev–Trinajstić information content (AvgIpc) is 2.53. The second-order valence-corrected chi connectivity index (χ2v) is 6.09. The Morgan fingerprint density at radius 2 is 1.83 bits per heavy atom. The molecule has 1 heterocycles. The Hall–Kier alpha value is -1.88. The average molecular weight is 318 g/mol. The second kappa shape index (κ2) is 8.11. The number of hydrogen-bond donors (Lipinski definition) is 1. The number of aryl methyl sites for hydroxylation is 2. The van der Waals surface area contributed by atoms with Crippen molar-refractivity contribution in [2.75, 3.05) is 31.2 Å². The van der Waals surface area contributed by atoms with Crippen LogP contribution in [0.15, 0.2) is 18.2 Å². The molecule has 0 aromatic heterocycles. The summed E-state index contributed by atoms with van der Waals surface area (Å²) in [6.45, 7) is 7.81. The molecule has 1 fully saturated rings. The van der Waals surface area contributed by atoms with E-state index in [-0.39, 0.29) is 17.7 Å². The number of amides is 2. The number of nitrogens with one attached hydrogen (secondary N) is 1. The fourth-order valence-corrected chi connectivity index (χ4v) is 3.05. The number of ether oxygens (including phenoxy) is 1. The summed E-state index contributed by atoms with van der Waals surface area (Å²) < 4.78 is 5.28. The maximum absolute atomic E-state index is 12.1. The van der Waals surface area contributed by atoms with E-state index >= 15 is 0 Å². The zero-order valence-corrected chi connectivity index (χ0v) is 14.2. The third kappa shape index (κ3) is 4.55. The molecular formula is C18H26N2O3. The van der Waals surface area contributed by atoms with Gasteiger partial charge in [0.1, 0.15) is 0 Å². The fraction of sp³-hybridized carbons (Fsp3) is 0.556. The SMILES string of the molecule is CC(=O)N(CCNC(=O)C1CCOCC1)c1c(C)cccc1C. The van der Waals surface area contributed by atoms with Crippen LogP contribution in [0.25, 0.3) is 0 Å². The van der Waals surface area contributed by atoms with Crippen LogP contribution in [-0.4, -0.2) is 38.1 Å². The summed E-state index contributed by atoms with van der Waals surface area (Å²) in [5, 5.41) is 2.96. The molecule has 1 N–H and O–H groups in total. The minimum Gasteiger partial charge on any atom is -0.381 e. The zero-order chi connectivity index (χ0) is 16.8. The first-order chi connectivity index (χ1) is 11.0. The van der Waals surface area contributed by atoms with Gasteiger partial charge in [0.25, 0.3) is 0 Å². The highest BCUT2D eigenvalue weighted by Crippen LogP contribution is 2.24. The van der Waals surface area contributed by atoms with Gasteiger partial charge in [0, 0.05) is 44.8 Å². The Bertz CT molecular complexity index is 545. The molecule has 1 aromatic carbocycles. The first-order valence-electron chi connectivity index (χ1n) is 8.20. The summed E-state index contributed by atoms with van der Waals surface area (Å²) in [6.07, 6.45) is 1.55. The lowest BCUT2D eigenvalue weighted by molar-refractivity contribution is -0.127. The summed E-state index contributed by atoms with van der Waals surface area (Å²) in [7, 11) is 0. The topological polar surface area (TPSA) is 58.6 Å². The maximum Gasteiger partial charge on any atom is 0.223 e. The molecule has 2 amide bonds. The van der Waals surface area contributed by atoms with Crippen molar-refractivity contribution in [2.24, 2.45) is 5.92 Å². The number of nitrogens with zero attached hydrogens (tertiary/aromatic N) is 1. The smallest absolute Gasteiger partial charge is 0.223 e. The van der Waals surface area contributed by atoms with E-state index in [0.717, 1.165) is 29.7 Å². The molecule has 2 rings (SSSR count). The van der Waals surface area contributed by atoms with Crippen molar-refractivity contribution in [3.8, 4) is 0 Å². The molecular weight excluding hydrogens is 292 g/mol. The zero-order valence-electron chi connectivity index (χ0n) is 14.2. The highest BCUT2D eigenvalue weighted by molar-refractivity contribution is 5.93. The minimum absolute atomic E-state index is 0.0114. The molecule has 1 aromatic rings. The molecule has 1 saturated heterocycles.